The molecular weight excluding hydrogens is 418 g/mol. The zero-order chi connectivity index (χ0) is 23.1. The molecule has 4 aromatic rings. The third kappa shape index (κ3) is 3.27. The number of carbonyl (C=O) groups is 2. The van der Waals surface area contributed by atoms with Gasteiger partial charge in [-0.3, -0.25) is 14.5 Å². The summed E-state index contributed by atoms with van der Waals surface area (Å²) >= 11 is 0. The average Bonchev–Trinajstić information content (AvgIpc) is 3.39. The molecule has 0 radical (unpaired) electrons. The van der Waals surface area contributed by atoms with Crippen LogP contribution in [-0.2, 0) is 4.79 Å². The van der Waals surface area contributed by atoms with Crippen molar-refractivity contribution in [2.45, 2.75) is 13.0 Å². The van der Waals surface area contributed by atoms with E-state index in [1.165, 1.54) is 12.0 Å². The molecule has 1 amide bonds. The summed E-state index contributed by atoms with van der Waals surface area (Å²) in [5.74, 6) is -1.24. The normalized spacial score (nSPS) is 16.0. The van der Waals surface area contributed by atoms with Gasteiger partial charge in [-0.1, -0.05) is 54.6 Å². The van der Waals surface area contributed by atoms with Crippen molar-refractivity contribution in [3.05, 3.63) is 107 Å². The highest BCUT2D eigenvalue weighted by Gasteiger charge is 2.45. The monoisotopic (exact) mass is 439 g/mol. The molecule has 1 aromatic heterocycles. The zero-order valence-corrected chi connectivity index (χ0v) is 18.1. The first-order chi connectivity index (χ1) is 16.0. The molecule has 1 aliphatic heterocycles. The molecule has 1 N–H and O–H groups in total. The minimum absolute atomic E-state index is 0.0174. The van der Waals surface area contributed by atoms with Crippen LogP contribution in [0.4, 0.5) is 5.69 Å². The van der Waals surface area contributed by atoms with Gasteiger partial charge < -0.3 is 14.3 Å². The van der Waals surface area contributed by atoms with Crippen molar-refractivity contribution in [1.29, 1.82) is 0 Å². The fourth-order valence-electron chi connectivity index (χ4n) is 4.32. The number of anilines is 1. The molecule has 0 spiro atoms. The topological polar surface area (TPSA) is 80.0 Å². The average molecular weight is 439 g/mol. The fourth-order valence-corrected chi connectivity index (χ4v) is 4.32. The number of ether oxygens (including phenoxy) is 1. The van der Waals surface area contributed by atoms with Crippen LogP contribution in [0.25, 0.3) is 11.0 Å². The second-order valence-corrected chi connectivity index (χ2v) is 7.85. The Morgan fingerprint density at radius 1 is 1.00 bits per heavy atom. The molecule has 3 aromatic carbocycles. The van der Waals surface area contributed by atoms with Gasteiger partial charge in [0.25, 0.3) is 5.91 Å². The number of hydrogen-bond acceptors (Lipinski definition) is 5. The first kappa shape index (κ1) is 20.6. The van der Waals surface area contributed by atoms with E-state index in [-0.39, 0.29) is 11.3 Å². The smallest absolute Gasteiger partial charge is 0.294 e. The zero-order valence-electron chi connectivity index (χ0n) is 18.1. The first-order valence-electron chi connectivity index (χ1n) is 10.5. The number of carbonyl (C=O) groups excluding carboxylic acids is 2. The summed E-state index contributed by atoms with van der Waals surface area (Å²) in [5, 5.41) is 11.6. The molecule has 0 saturated heterocycles. The number of aryl methyl sites for hydroxylation is 1. The second kappa shape index (κ2) is 7.98. The predicted octanol–water partition coefficient (Wildman–Crippen LogP) is 5.53. The maximum atomic E-state index is 13.7. The maximum absolute atomic E-state index is 13.7. The van der Waals surface area contributed by atoms with Gasteiger partial charge in [0.15, 0.2) is 22.9 Å². The number of methoxy groups -OCH3 is 1. The number of rotatable bonds is 5. The van der Waals surface area contributed by atoms with E-state index in [1.54, 1.807) is 48.5 Å². The lowest BCUT2D eigenvalue weighted by Gasteiger charge is -2.27. The number of ketones is 1. The summed E-state index contributed by atoms with van der Waals surface area (Å²) in [6, 6.07) is 22.6. The van der Waals surface area contributed by atoms with E-state index in [9.17, 15) is 14.7 Å². The molecule has 6 nitrogen and oxygen atoms in total. The number of aliphatic hydroxyl groups is 1. The van der Waals surface area contributed by atoms with E-state index in [4.69, 9.17) is 9.15 Å². The quantitative estimate of drug-likeness (QED) is 0.414. The van der Waals surface area contributed by atoms with Crippen LogP contribution < -0.4 is 9.64 Å². The molecule has 164 valence electrons. The van der Waals surface area contributed by atoms with Crippen LogP contribution in [0.3, 0.4) is 0 Å². The van der Waals surface area contributed by atoms with Crippen LogP contribution in [0.1, 0.15) is 27.7 Å². The van der Waals surface area contributed by atoms with Crippen molar-refractivity contribution in [2.75, 3.05) is 12.0 Å². The number of aliphatic hydroxyl groups excluding tert-OH is 1. The van der Waals surface area contributed by atoms with Crippen LogP contribution >= 0.6 is 0 Å². The van der Waals surface area contributed by atoms with E-state index >= 15 is 0 Å². The largest absolute Gasteiger partial charge is 0.503 e. The molecule has 2 heterocycles. The molecule has 1 unspecified atom stereocenters. The molecule has 0 saturated carbocycles. The first-order valence-corrected chi connectivity index (χ1v) is 10.5. The van der Waals surface area contributed by atoms with Crippen LogP contribution in [0.2, 0.25) is 0 Å². The van der Waals surface area contributed by atoms with Gasteiger partial charge in [0.05, 0.1) is 18.7 Å². The molecule has 5 rings (SSSR count). The van der Waals surface area contributed by atoms with E-state index in [0.717, 1.165) is 11.1 Å². The van der Waals surface area contributed by atoms with Crippen molar-refractivity contribution in [2.24, 2.45) is 0 Å². The molecular formula is C27H21NO5. The van der Waals surface area contributed by atoms with Crippen LogP contribution in [0.5, 0.6) is 5.75 Å². The summed E-state index contributed by atoms with van der Waals surface area (Å²) in [4.78, 5) is 28.4. The van der Waals surface area contributed by atoms with Crippen molar-refractivity contribution < 1.29 is 23.8 Å². The number of hydrogen-bond donors (Lipinski definition) is 1. The van der Waals surface area contributed by atoms with Gasteiger partial charge in [-0.05, 0) is 42.3 Å². The van der Waals surface area contributed by atoms with Crippen LogP contribution in [0.15, 0.2) is 94.6 Å². The highest BCUT2D eigenvalue weighted by atomic mass is 16.5. The van der Waals surface area contributed by atoms with Gasteiger partial charge in [0.1, 0.15) is 0 Å². The van der Waals surface area contributed by atoms with Gasteiger partial charge in [-0.15, -0.1) is 0 Å². The maximum Gasteiger partial charge on any atom is 0.294 e. The van der Waals surface area contributed by atoms with Crippen molar-refractivity contribution in [1.82, 2.24) is 0 Å². The van der Waals surface area contributed by atoms with Crippen molar-refractivity contribution in [3.63, 3.8) is 0 Å². The minimum Gasteiger partial charge on any atom is -0.503 e. The van der Waals surface area contributed by atoms with Crippen molar-refractivity contribution in [3.8, 4) is 5.75 Å². The molecule has 0 bridgehead atoms. The minimum atomic E-state index is -0.802. The Hall–Kier alpha value is -4.32. The second-order valence-electron chi connectivity index (χ2n) is 7.85. The number of Topliss-reactive ketones (excluding diaryl/α,β-unsaturated/α-hetero) is 1. The molecule has 1 atom stereocenters. The molecule has 0 aliphatic carbocycles. The van der Waals surface area contributed by atoms with Gasteiger partial charge in [0, 0.05) is 11.1 Å². The van der Waals surface area contributed by atoms with E-state index in [0.29, 0.717) is 22.4 Å². The van der Waals surface area contributed by atoms with Crippen molar-refractivity contribution >= 4 is 28.3 Å². The fraction of sp³-hybridized carbons (Fsp3) is 0.111. The molecule has 33 heavy (non-hydrogen) atoms. The lowest BCUT2D eigenvalue weighted by Crippen LogP contribution is -2.31. The number of benzene rings is 3. The van der Waals surface area contributed by atoms with Gasteiger partial charge in [-0.2, -0.15) is 0 Å². The number of amides is 1. The lowest BCUT2D eigenvalue weighted by molar-refractivity contribution is -0.117. The van der Waals surface area contributed by atoms with E-state index < -0.39 is 23.5 Å². The number of furan rings is 1. The summed E-state index contributed by atoms with van der Waals surface area (Å²) in [6.45, 7) is 1.91. The lowest BCUT2D eigenvalue weighted by atomic mass is 9.92. The Morgan fingerprint density at radius 3 is 2.45 bits per heavy atom. The van der Waals surface area contributed by atoms with E-state index in [1.807, 2.05) is 37.3 Å². The summed E-state index contributed by atoms with van der Waals surface area (Å²) in [7, 11) is 1.52. The van der Waals surface area contributed by atoms with Gasteiger partial charge >= 0.3 is 0 Å². The van der Waals surface area contributed by atoms with Crippen LogP contribution in [0, 0.1) is 6.92 Å². The third-order valence-electron chi connectivity index (χ3n) is 5.92. The third-order valence-corrected chi connectivity index (χ3v) is 5.92. The Kier molecular flexibility index (Phi) is 4.98. The number of nitrogens with zero attached hydrogens (tertiary/aromatic N) is 1. The Bertz CT molecular complexity index is 1420. The SMILES string of the molecule is COc1cccc2cc(C(=O)C3=C(O)C(=O)N(c4ccccc4)C3c3ccccc3C)oc12. The van der Waals surface area contributed by atoms with Crippen LogP contribution in [-0.4, -0.2) is 23.9 Å². The molecule has 1 aliphatic rings. The number of para-hydroxylation sites is 2. The Morgan fingerprint density at radius 2 is 1.73 bits per heavy atom. The number of fused-ring (bicyclic) bond motifs is 1. The predicted molar refractivity (Wildman–Crippen MR) is 125 cm³/mol. The molecule has 0 fully saturated rings. The molecule has 6 heteroatoms. The standard InChI is InChI=1S/C27H21NO5/c1-16-9-6-7-13-19(16)23-22(25(30)27(31)28(23)18-11-4-3-5-12-18)24(29)21-15-17-10-8-14-20(32-2)26(17)33-21/h3-15,23,30H,1-2H3. The highest BCUT2D eigenvalue weighted by Crippen LogP contribution is 2.43. The van der Waals surface area contributed by atoms with E-state index in [2.05, 4.69) is 0 Å². The Labute approximate surface area is 190 Å². The van der Waals surface area contributed by atoms with Gasteiger partial charge in [0.2, 0.25) is 5.78 Å². The highest BCUT2D eigenvalue weighted by molar-refractivity contribution is 6.20. The summed E-state index contributed by atoms with van der Waals surface area (Å²) in [5.41, 5.74) is 2.63. The Balaban J connectivity index is 1.68. The van der Waals surface area contributed by atoms with Gasteiger partial charge in [-0.25, -0.2) is 0 Å². The summed E-state index contributed by atoms with van der Waals surface area (Å²) < 4.78 is 11.2. The summed E-state index contributed by atoms with van der Waals surface area (Å²) in [6.07, 6.45) is 0.